The van der Waals surface area contributed by atoms with Gasteiger partial charge in [0, 0.05) is 18.9 Å². The van der Waals surface area contributed by atoms with E-state index in [9.17, 15) is 74.9 Å². The van der Waals surface area contributed by atoms with Gasteiger partial charge in [-0.05, 0) is 25.7 Å². The van der Waals surface area contributed by atoms with Gasteiger partial charge in [-0.15, -0.1) is 0 Å². The first-order valence-electron chi connectivity index (χ1n) is 40.2. The van der Waals surface area contributed by atoms with Gasteiger partial charge in [0.1, 0.15) is 98.7 Å². The second-order valence-corrected chi connectivity index (χ2v) is 30.3. The minimum atomic E-state index is -5.72. The molecule has 18 unspecified atom stereocenters. The monoisotopic (exact) mass is 1480 g/mol. The number of hydrogen-bond acceptors (Lipinski definition) is 23. The number of phosphoric acid groups is 1. The number of aliphatic hydroxyl groups excluding tert-OH is 10. The predicted molar refractivity (Wildman–Crippen MR) is 388 cm³/mol. The topological polar surface area (TPSA) is 374 Å². The molecule has 3 fully saturated rings. The molecule has 11 N–H and O–H groups in total. The predicted octanol–water partition coefficient (Wildman–Crippen LogP) is 12.1. The number of phosphoric ester groups is 1. The van der Waals surface area contributed by atoms with Crippen LogP contribution in [0.1, 0.15) is 316 Å². The van der Waals surface area contributed by atoms with Crippen molar-refractivity contribution in [3.63, 3.8) is 0 Å². The average Bonchev–Trinajstić information content (AvgIpc) is 0.761. The van der Waals surface area contributed by atoms with Gasteiger partial charge in [-0.1, -0.05) is 296 Å². The van der Waals surface area contributed by atoms with Crippen LogP contribution in [0.4, 0.5) is 0 Å². The number of aliphatic hydroxyl groups is 10. The maximum atomic E-state index is 14.3. The van der Waals surface area contributed by atoms with E-state index in [1.54, 1.807) is 6.08 Å². The number of ether oxygens (including phenoxy) is 7. The molecule has 18 atom stereocenters. The molecule has 24 nitrogen and oxygen atoms in total. The van der Waals surface area contributed by atoms with Crippen molar-refractivity contribution in [2.45, 2.75) is 420 Å². The highest BCUT2D eigenvalue weighted by Gasteiger charge is 2.58. The maximum Gasteiger partial charge on any atom is 0.472 e. The highest BCUT2D eigenvalue weighted by Crippen LogP contribution is 2.49. The van der Waals surface area contributed by atoms with E-state index in [1.165, 1.54) is 186 Å². The van der Waals surface area contributed by atoms with Gasteiger partial charge in [0.2, 0.25) is 0 Å². The minimum Gasteiger partial charge on any atom is -0.463 e. The molecule has 0 radical (unpaired) electrons. The van der Waals surface area contributed by atoms with E-state index in [0.29, 0.717) is 12.8 Å². The van der Waals surface area contributed by atoms with Crippen molar-refractivity contribution in [3.05, 3.63) is 24.3 Å². The summed E-state index contributed by atoms with van der Waals surface area (Å²) in [4.78, 5) is 51.0. The zero-order valence-electron chi connectivity index (χ0n) is 62.7. The Kier molecular flexibility index (Phi) is 53.7. The second-order valence-electron chi connectivity index (χ2n) is 28.9. The fourth-order valence-electron chi connectivity index (χ4n) is 13.3. The molecule has 3 aliphatic rings. The standard InChI is InChI=1S/C77H141O24P/c1-4-7-10-13-16-19-22-25-28-31-33-36-39-42-45-48-51-61(79)93-55-58(96-63(81)53-50-47-44-41-38-35-30-27-24-21-18-15-12-9-6-3)56-95-102(91,92)101-75-73(99-76-71(89)66(84)64(82)59(54-78)97-76)69(87)68(86)70(88)74(75)100-77-72(90)67(85)65(83)60(98-77)57-94-62(80)52-49-46-43-40-37-34-32-29-26-23-20-17-14-11-8-5-2/h44,47,50,53,58-60,64-78,82-90H,4-43,45-46,48-49,51-52,54-57H2,1-3H3,(H,91,92)/b47-44+,53-50+. The van der Waals surface area contributed by atoms with E-state index >= 15 is 0 Å². The zero-order valence-corrected chi connectivity index (χ0v) is 63.5. The van der Waals surface area contributed by atoms with Gasteiger partial charge in [-0.3, -0.25) is 18.6 Å². The molecular weight excluding hydrogens is 1340 g/mol. The van der Waals surface area contributed by atoms with E-state index in [4.69, 9.17) is 42.2 Å². The fourth-order valence-corrected chi connectivity index (χ4v) is 14.3. The van der Waals surface area contributed by atoms with Gasteiger partial charge in [-0.25, -0.2) is 9.36 Å². The Morgan fingerprint density at radius 1 is 0.402 bits per heavy atom. The minimum absolute atomic E-state index is 0.0289. The molecule has 0 spiro atoms. The Labute approximate surface area is 611 Å². The van der Waals surface area contributed by atoms with Crippen LogP contribution in [0.25, 0.3) is 0 Å². The van der Waals surface area contributed by atoms with E-state index in [0.717, 1.165) is 96.0 Å². The Balaban J connectivity index is 1.72. The molecule has 2 saturated heterocycles. The van der Waals surface area contributed by atoms with Crippen LogP contribution in [0.3, 0.4) is 0 Å². The first-order valence-corrected chi connectivity index (χ1v) is 41.7. The number of hydrogen-bond donors (Lipinski definition) is 11. The average molecular weight is 1480 g/mol. The molecule has 25 heteroatoms. The molecule has 1 saturated carbocycles. The summed E-state index contributed by atoms with van der Waals surface area (Å²) in [5, 5.41) is 110. The third-order valence-electron chi connectivity index (χ3n) is 19.8. The molecule has 3 rings (SSSR count). The summed E-state index contributed by atoms with van der Waals surface area (Å²) in [6.07, 6.45) is 21.4. The molecular formula is C77H141O24P. The Morgan fingerprint density at radius 2 is 0.745 bits per heavy atom. The van der Waals surface area contributed by atoms with Gasteiger partial charge in [0.15, 0.2) is 18.7 Å². The second kappa shape index (κ2) is 58.5. The molecule has 0 aromatic rings. The van der Waals surface area contributed by atoms with Crippen molar-refractivity contribution >= 4 is 25.7 Å². The van der Waals surface area contributed by atoms with Crippen molar-refractivity contribution in [2.75, 3.05) is 26.4 Å². The summed E-state index contributed by atoms with van der Waals surface area (Å²) in [5.74, 6) is -2.23. The zero-order chi connectivity index (χ0) is 74.6. The number of esters is 3. The van der Waals surface area contributed by atoms with Gasteiger partial charge in [0.25, 0.3) is 0 Å². The quantitative estimate of drug-likeness (QED) is 0.00673. The van der Waals surface area contributed by atoms with E-state index in [1.807, 2.05) is 6.08 Å². The van der Waals surface area contributed by atoms with Crippen molar-refractivity contribution in [1.82, 2.24) is 0 Å². The van der Waals surface area contributed by atoms with Crippen molar-refractivity contribution in [3.8, 4) is 0 Å². The molecule has 0 aromatic heterocycles. The highest BCUT2D eigenvalue weighted by atomic mass is 31.2. The highest BCUT2D eigenvalue weighted by molar-refractivity contribution is 7.47. The summed E-state index contributed by atoms with van der Waals surface area (Å²) in [6.45, 7) is 3.38. The van der Waals surface area contributed by atoms with Crippen LogP contribution in [0.5, 0.6) is 0 Å². The summed E-state index contributed by atoms with van der Waals surface area (Å²) < 4.78 is 64.9. The molecule has 0 aromatic carbocycles. The Hall–Kier alpha value is -2.56. The van der Waals surface area contributed by atoms with Crippen molar-refractivity contribution in [2.24, 2.45) is 0 Å². The van der Waals surface area contributed by atoms with Crippen LogP contribution in [0, 0.1) is 0 Å². The Morgan fingerprint density at radius 3 is 1.14 bits per heavy atom. The van der Waals surface area contributed by atoms with E-state index < -0.39 is 156 Å². The van der Waals surface area contributed by atoms with Gasteiger partial charge in [0.05, 0.1) is 13.2 Å². The smallest absolute Gasteiger partial charge is 0.463 e. The third kappa shape index (κ3) is 40.6. The van der Waals surface area contributed by atoms with Crippen LogP contribution in [-0.4, -0.2) is 204 Å². The van der Waals surface area contributed by atoms with Crippen LogP contribution >= 0.6 is 7.82 Å². The molecule has 598 valence electrons. The lowest BCUT2D eigenvalue weighted by molar-refractivity contribution is -0.360. The molecule has 2 heterocycles. The lowest BCUT2D eigenvalue weighted by Gasteiger charge is -2.49. The number of allylic oxidation sites excluding steroid dienone is 3. The summed E-state index contributed by atoms with van der Waals surface area (Å²) in [5.41, 5.74) is 0. The van der Waals surface area contributed by atoms with E-state index in [-0.39, 0.29) is 12.8 Å². The number of unbranched alkanes of at least 4 members (excludes halogenated alkanes) is 41. The molecule has 1 aliphatic carbocycles. The lowest BCUT2D eigenvalue weighted by Crippen LogP contribution is -2.69. The lowest BCUT2D eigenvalue weighted by atomic mass is 9.84. The fraction of sp³-hybridized carbons (Fsp3) is 0.909. The van der Waals surface area contributed by atoms with Gasteiger partial charge >= 0.3 is 25.7 Å². The SMILES string of the molecule is CCCCCCCCCCCCC/C=C/C=C/C(=O)OC(COC(=O)CCCCCCCCCCCCCCCCCC)COP(=O)(O)OC1C(OC2OC(CO)C(O)C(O)C2O)C(O)C(O)C(O)C1OC1OC(COC(=O)CCCCCCCCCCCCCCCCCC)C(O)C(O)C1O. The largest absolute Gasteiger partial charge is 0.472 e. The van der Waals surface area contributed by atoms with Crippen LogP contribution in [0.15, 0.2) is 24.3 Å². The Bertz CT molecular complexity index is 2190. The van der Waals surface area contributed by atoms with Gasteiger partial charge in [-0.2, -0.15) is 0 Å². The molecule has 102 heavy (non-hydrogen) atoms. The normalized spacial score (nSPS) is 27.1. The van der Waals surface area contributed by atoms with Crippen molar-refractivity contribution < 1.29 is 117 Å². The first-order chi connectivity index (χ1) is 49.3. The van der Waals surface area contributed by atoms with Crippen molar-refractivity contribution in [1.29, 1.82) is 0 Å². The number of rotatable bonds is 63. The molecule has 2 aliphatic heterocycles. The van der Waals surface area contributed by atoms with Gasteiger partial charge < -0.3 is 89.1 Å². The van der Waals surface area contributed by atoms with Crippen LogP contribution < -0.4 is 0 Å². The first kappa shape index (κ1) is 93.6. The summed E-state index contributed by atoms with van der Waals surface area (Å²) >= 11 is 0. The van der Waals surface area contributed by atoms with E-state index in [2.05, 4.69) is 20.8 Å². The number of carbonyl (C=O) groups is 3. The van der Waals surface area contributed by atoms with Crippen LogP contribution in [-0.2, 0) is 61.2 Å². The third-order valence-corrected chi connectivity index (χ3v) is 20.8. The molecule has 0 bridgehead atoms. The summed E-state index contributed by atoms with van der Waals surface area (Å²) in [7, 11) is -5.72. The maximum absolute atomic E-state index is 14.3. The molecule has 0 amide bonds. The number of carbonyl (C=O) groups excluding carboxylic acids is 3. The summed E-state index contributed by atoms with van der Waals surface area (Å²) in [6, 6.07) is 0. The van der Waals surface area contributed by atoms with Crippen LogP contribution in [0.2, 0.25) is 0 Å².